The molecule has 3 rings (SSSR count). The fourth-order valence-corrected chi connectivity index (χ4v) is 2.59. The van der Waals surface area contributed by atoms with E-state index in [0.717, 1.165) is 11.1 Å². The van der Waals surface area contributed by atoms with Crippen molar-refractivity contribution in [2.45, 2.75) is 19.4 Å². The van der Waals surface area contributed by atoms with Gasteiger partial charge in [0.2, 0.25) is 0 Å². The molecule has 0 aliphatic rings. The molecule has 0 aliphatic carbocycles. The summed E-state index contributed by atoms with van der Waals surface area (Å²) in [5, 5.41) is 9.93. The fourth-order valence-electron chi connectivity index (χ4n) is 2.59. The summed E-state index contributed by atoms with van der Waals surface area (Å²) in [7, 11) is 1.80. The van der Waals surface area contributed by atoms with Gasteiger partial charge in [0, 0.05) is 31.7 Å². The van der Waals surface area contributed by atoms with E-state index in [1.54, 1.807) is 36.4 Å². The van der Waals surface area contributed by atoms with E-state index in [1.807, 2.05) is 12.1 Å². The molecule has 0 bridgehead atoms. The molecule has 1 aromatic carbocycles. The first kappa shape index (κ1) is 16.7. The highest BCUT2D eigenvalue weighted by molar-refractivity contribution is 5.88. The third kappa shape index (κ3) is 4.67. The fraction of sp³-hybridized carbons (Fsp3) is 0.211. The number of carbonyl (C=O) groups is 1. The van der Waals surface area contributed by atoms with Crippen molar-refractivity contribution in [1.82, 2.24) is 20.1 Å². The minimum atomic E-state index is -0.292. The first-order valence-corrected chi connectivity index (χ1v) is 8.13. The van der Waals surface area contributed by atoms with E-state index in [4.69, 9.17) is 0 Å². The average molecular weight is 335 g/mol. The van der Waals surface area contributed by atoms with Crippen LogP contribution in [0.5, 0.6) is 0 Å². The van der Waals surface area contributed by atoms with E-state index >= 15 is 0 Å². The Hall–Kier alpha value is -3.15. The van der Waals surface area contributed by atoms with E-state index < -0.39 is 0 Å². The highest BCUT2D eigenvalue weighted by Crippen LogP contribution is 2.18. The number of pyridine rings is 1. The number of anilines is 1. The van der Waals surface area contributed by atoms with E-state index in [0.29, 0.717) is 12.2 Å². The third-order valence-electron chi connectivity index (χ3n) is 3.91. The second-order valence-corrected chi connectivity index (χ2v) is 6.00. The number of aryl methyl sites for hydroxylation is 2. The van der Waals surface area contributed by atoms with Crippen LogP contribution in [-0.2, 0) is 13.5 Å². The largest absolute Gasteiger partial charge is 0.331 e. The molecule has 2 N–H and O–H groups in total. The van der Waals surface area contributed by atoms with Crippen LogP contribution in [0.2, 0.25) is 0 Å². The number of hydrogen-bond donors (Lipinski definition) is 2. The molecule has 0 unspecified atom stereocenters. The molecule has 2 amide bonds. The first-order valence-electron chi connectivity index (χ1n) is 8.13. The maximum atomic E-state index is 12.4. The lowest BCUT2D eigenvalue weighted by molar-refractivity contribution is 0.248. The summed E-state index contributed by atoms with van der Waals surface area (Å²) in [6.45, 7) is 2.06. The normalized spacial score (nSPS) is 11.8. The van der Waals surface area contributed by atoms with Crippen LogP contribution in [0.3, 0.4) is 0 Å². The van der Waals surface area contributed by atoms with Gasteiger partial charge in [0.05, 0.1) is 6.04 Å². The average Bonchev–Trinajstić information content (AvgIpc) is 3.01. The predicted molar refractivity (Wildman–Crippen MR) is 97.2 cm³/mol. The van der Waals surface area contributed by atoms with Crippen LogP contribution < -0.4 is 10.6 Å². The third-order valence-corrected chi connectivity index (χ3v) is 3.91. The van der Waals surface area contributed by atoms with Crippen molar-refractivity contribution in [2.24, 2.45) is 7.05 Å². The second-order valence-electron chi connectivity index (χ2n) is 6.00. The Morgan fingerprint density at radius 1 is 1.20 bits per heavy atom. The first-order chi connectivity index (χ1) is 12.1. The highest BCUT2D eigenvalue weighted by atomic mass is 16.2. The quantitative estimate of drug-likeness (QED) is 0.752. The summed E-state index contributed by atoms with van der Waals surface area (Å²) in [5.74, 6) is 0.514. The standard InChI is InChI=1S/C19H21N5O/c1-14-5-7-15(8-6-14)12-17(16-4-3-10-20-13-16)21-19(25)22-18-9-11-24(2)23-18/h3-11,13,17H,12H2,1-2H3,(H2,21,22,23,25)/t17-/m0/s1. The minimum Gasteiger partial charge on any atom is -0.331 e. The van der Waals surface area contributed by atoms with Gasteiger partial charge in [0.1, 0.15) is 0 Å². The Morgan fingerprint density at radius 2 is 2.00 bits per heavy atom. The Morgan fingerprint density at radius 3 is 2.64 bits per heavy atom. The molecule has 0 aliphatic heterocycles. The number of benzene rings is 1. The van der Waals surface area contributed by atoms with Crippen molar-refractivity contribution in [3.8, 4) is 0 Å². The van der Waals surface area contributed by atoms with Crippen LogP contribution in [0.25, 0.3) is 0 Å². The van der Waals surface area contributed by atoms with Gasteiger partial charge in [-0.1, -0.05) is 35.9 Å². The number of rotatable bonds is 5. The number of nitrogens with one attached hydrogen (secondary N) is 2. The zero-order chi connectivity index (χ0) is 17.6. The molecule has 2 aromatic heterocycles. The second kappa shape index (κ2) is 7.61. The van der Waals surface area contributed by atoms with Gasteiger partial charge in [0.25, 0.3) is 0 Å². The minimum absolute atomic E-state index is 0.180. The molecule has 6 heteroatoms. The monoisotopic (exact) mass is 335 g/mol. The van der Waals surface area contributed by atoms with Crippen LogP contribution in [0.1, 0.15) is 22.7 Å². The molecular weight excluding hydrogens is 314 g/mol. The lowest BCUT2D eigenvalue weighted by Gasteiger charge is -2.19. The van der Waals surface area contributed by atoms with E-state index in [1.165, 1.54) is 5.56 Å². The smallest absolute Gasteiger partial charge is 0.320 e. The maximum absolute atomic E-state index is 12.4. The molecule has 0 saturated heterocycles. The van der Waals surface area contributed by atoms with Gasteiger partial charge < -0.3 is 5.32 Å². The molecule has 0 saturated carbocycles. The molecule has 0 spiro atoms. The van der Waals surface area contributed by atoms with Gasteiger partial charge >= 0.3 is 6.03 Å². The summed E-state index contributed by atoms with van der Waals surface area (Å²) in [6.07, 6.45) is 5.96. The summed E-state index contributed by atoms with van der Waals surface area (Å²) in [5.41, 5.74) is 3.32. The van der Waals surface area contributed by atoms with Crippen molar-refractivity contribution in [2.75, 3.05) is 5.32 Å². The van der Waals surface area contributed by atoms with Crippen LogP contribution in [0.4, 0.5) is 10.6 Å². The van der Waals surface area contributed by atoms with Crippen molar-refractivity contribution in [3.63, 3.8) is 0 Å². The molecule has 1 atom stereocenters. The number of nitrogens with zero attached hydrogens (tertiary/aromatic N) is 3. The molecule has 6 nitrogen and oxygen atoms in total. The van der Waals surface area contributed by atoms with Gasteiger partial charge in [-0.2, -0.15) is 5.10 Å². The molecule has 128 valence electrons. The van der Waals surface area contributed by atoms with E-state index in [9.17, 15) is 4.79 Å². The Labute approximate surface area is 146 Å². The van der Waals surface area contributed by atoms with Crippen molar-refractivity contribution >= 4 is 11.8 Å². The van der Waals surface area contributed by atoms with E-state index in [-0.39, 0.29) is 12.1 Å². The molecule has 3 aromatic rings. The zero-order valence-corrected chi connectivity index (χ0v) is 14.3. The summed E-state index contributed by atoms with van der Waals surface area (Å²) >= 11 is 0. The molecular formula is C19H21N5O. The Kier molecular flexibility index (Phi) is 5.09. The molecule has 0 fully saturated rings. The predicted octanol–water partition coefficient (Wildman–Crippen LogP) is 3.23. The topological polar surface area (TPSA) is 71.8 Å². The van der Waals surface area contributed by atoms with Gasteiger partial charge in [0.15, 0.2) is 5.82 Å². The SMILES string of the molecule is Cc1ccc(C[C@H](NC(=O)Nc2ccn(C)n2)c2cccnc2)cc1. The van der Waals surface area contributed by atoms with Crippen molar-refractivity contribution in [3.05, 3.63) is 77.7 Å². The van der Waals surface area contributed by atoms with Crippen molar-refractivity contribution in [1.29, 1.82) is 0 Å². The van der Waals surface area contributed by atoms with Crippen LogP contribution in [-0.4, -0.2) is 20.8 Å². The van der Waals surface area contributed by atoms with Gasteiger partial charge in [-0.25, -0.2) is 4.79 Å². The maximum Gasteiger partial charge on any atom is 0.320 e. The number of carbonyl (C=O) groups excluding carboxylic acids is 1. The van der Waals surface area contributed by atoms with E-state index in [2.05, 4.69) is 51.9 Å². The highest BCUT2D eigenvalue weighted by Gasteiger charge is 2.16. The number of aromatic nitrogens is 3. The van der Waals surface area contributed by atoms with Gasteiger partial charge in [-0.05, 0) is 30.5 Å². The van der Waals surface area contributed by atoms with Crippen molar-refractivity contribution < 1.29 is 4.79 Å². The Balaban J connectivity index is 1.74. The number of hydrogen-bond acceptors (Lipinski definition) is 3. The van der Waals surface area contributed by atoms with Crippen LogP contribution >= 0.6 is 0 Å². The molecule has 2 heterocycles. The van der Waals surface area contributed by atoms with Crippen LogP contribution in [0.15, 0.2) is 61.1 Å². The van der Waals surface area contributed by atoms with Gasteiger partial charge in [-0.3, -0.25) is 15.0 Å². The number of amides is 2. The summed E-state index contributed by atoms with van der Waals surface area (Å²) < 4.78 is 1.64. The van der Waals surface area contributed by atoms with Gasteiger partial charge in [-0.15, -0.1) is 0 Å². The summed E-state index contributed by atoms with van der Waals surface area (Å²) in [4.78, 5) is 16.5. The molecule has 0 radical (unpaired) electrons. The molecule has 25 heavy (non-hydrogen) atoms. The lowest BCUT2D eigenvalue weighted by Crippen LogP contribution is -2.34. The number of urea groups is 1. The lowest BCUT2D eigenvalue weighted by atomic mass is 9.99. The van der Waals surface area contributed by atoms with Crippen LogP contribution in [0, 0.1) is 6.92 Å². The Bertz CT molecular complexity index is 827. The summed E-state index contributed by atoms with van der Waals surface area (Å²) in [6, 6.07) is 13.4. The zero-order valence-electron chi connectivity index (χ0n) is 14.3.